The van der Waals surface area contributed by atoms with Gasteiger partial charge in [-0.15, -0.1) is 11.3 Å². The summed E-state index contributed by atoms with van der Waals surface area (Å²) in [7, 11) is 0. The van der Waals surface area contributed by atoms with E-state index in [1.807, 2.05) is 32.0 Å². The highest BCUT2D eigenvalue weighted by molar-refractivity contribution is 7.12. The Hall–Kier alpha value is -2.24. The molecule has 26 heavy (non-hydrogen) atoms. The maximum atomic E-state index is 12.3. The van der Waals surface area contributed by atoms with E-state index in [1.165, 1.54) is 11.3 Å². The standard InChI is InChI=1S/C21H22O4S/c1-13(9-16(22)14-7-5-4-6-8-14)10-17-19(20(23)24)15-11-21(2,3)25-12-18(15)26-17/h4-8H,1,9-12H2,2-3H3,(H,23,24). The third-order valence-corrected chi connectivity index (χ3v) is 5.70. The van der Waals surface area contributed by atoms with Gasteiger partial charge in [0.25, 0.3) is 0 Å². The topological polar surface area (TPSA) is 63.6 Å². The van der Waals surface area contributed by atoms with E-state index in [0.717, 1.165) is 20.9 Å². The molecular formula is C21H22O4S. The molecular weight excluding hydrogens is 348 g/mol. The van der Waals surface area contributed by atoms with Crippen LogP contribution in [0.25, 0.3) is 0 Å². The van der Waals surface area contributed by atoms with Crippen molar-refractivity contribution < 1.29 is 19.4 Å². The van der Waals surface area contributed by atoms with Crippen LogP contribution in [0.4, 0.5) is 0 Å². The first kappa shape index (κ1) is 18.5. The Labute approximate surface area is 157 Å². The van der Waals surface area contributed by atoms with Gasteiger partial charge in [0.2, 0.25) is 0 Å². The van der Waals surface area contributed by atoms with Gasteiger partial charge in [-0.3, -0.25) is 4.79 Å². The number of aromatic carboxylic acids is 1. The van der Waals surface area contributed by atoms with Crippen molar-refractivity contribution in [1.29, 1.82) is 0 Å². The van der Waals surface area contributed by atoms with Crippen LogP contribution in [-0.2, 0) is 24.2 Å². The van der Waals surface area contributed by atoms with Gasteiger partial charge < -0.3 is 9.84 Å². The molecule has 0 saturated heterocycles. The molecule has 0 atom stereocenters. The number of ether oxygens (including phenoxy) is 1. The molecule has 0 aliphatic carbocycles. The third kappa shape index (κ3) is 3.94. The van der Waals surface area contributed by atoms with Crippen molar-refractivity contribution in [2.24, 2.45) is 0 Å². The van der Waals surface area contributed by atoms with E-state index in [1.54, 1.807) is 12.1 Å². The first-order valence-corrected chi connectivity index (χ1v) is 9.34. The van der Waals surface area contributed by atoms with Crippen molar-refractivity contribution >= 4 is 23.1 Å². The summed E-state index contributed by atoms with van der Waals surface area (Å²) in [5, 5.41) is 9.72. The normalized spacial score (nSPS) is 15.3. The zero-order valence-electron chi connectivity index (χ0n) is 15.0. The lowest BCUT2D eigenvalue weighted by Gasteiger charge is -2.30. The third-order valence-electron chi connectivity index (χ3n) is 4.49. The molecule has 0 saturated carbocycles. The Balaban J connectivity index is 1.80. The molecule has 1 aromatic heterocycles. The molecule has 1 aliphatic rings. The fourth-order valence-electron chi connectivity index (χ4n) is 3.23. The fraction of sp³-hybridized carbons (Fsp3) is 0.333. The van der Waals surface area contributed by atoms with Crippen LogP contribution in [0.1, 0.15) is 56.3 Å². The highest BCUT2D eigenvalue weighted by Gasteiger charge is 2.33. The number of allylic oxidation sites excluding steroid dienone is 1. The highest BCUT2D eigenvalue weighted by Crippen LogP contribution is 2.38. The highest BCUT2D eigenvalue weighted by atomic mass is 32.1. The van der Waals surface area contributed by atoms with E-state index < -0.39 is 5.97 Å². The van der Waals surface area contributed by atoms with Crippen LogP contribution >= 0.6 is 11.3 Å². The number of carboxylic acid groups (broad SMARTS) is 1. The molecule has 1 aromatic carbocycles. The summed E-state index contributed by atoms with van der Waals surface area (Å²) in [6.07, 6.45) is 1.20. The largest absolute Gasteiger partial charge is 0.478 e. The Kier molecular flexibility index (Phi) is 5.12. The minimum Gasteiger partial charge on any atom is -0.478 e. The van der Waals surface area contributed by atoms with Crippen LogP contribution in [0.15, 0.2) is 42.5 Å². The number of ketones is 1. The first-order valence-electron chi connectivity index (χ1n) is 8.52. The van der Waals surface area contributed by atoms with Gasteiger partial charge in [0.1, 0.15) is 0 Å². The van der Waals surface area contributed by atoms with Gasteiger partial charge in [0.15, 0.2) is 5.78 Å². The zero-order valence-corrected chi connectivity index (χ0v) is 15.8. The maximum Gasteiger partial charge on any atom is 0.337 e. The van der Waals surface area contributed by atoms with Crippen LogP contribution in [0.2, 0.25) is 0 Å². The molecule has 0 radical (unpaired) electrons. The molecule has 3 rings (SSSR count). The maximum absolute atomic E-state index is 12.3. The molecule has 0 bridgehead atoms. The van der Waals surface area contributed by atoms with Crippen LogP contribution in [0.5, 0.6) is 0 Å². The van der Waals surface area contributed by atoms with Crippen LogP contribution in [-0.4, -0.2) is 22.5 Å². The predicted octanol–water partition coefficient (Wildman–Crippen LogP) is 4.67. The molecule has 0 spiro atoms. The second kappa shape index (κ2) is 7.17. The first-order chi connectivity index (χ1) is 12.3. The number of Topliss-reactive ketones (excluding diaryl/α,β-unsaturated/α-hetero) is 1. The Bertz CT molecular complexity index is 862. The van der Waals surface area contributed by atoms with Crippen molar-refractivity contribution in [3.05, 3.63) is 68.9 Å². The predicted molar refractivity (Wildman–Crippen MR) is 102 cm³/mol. The number of carbonyl (C=O) groups excluding carboxylic acids is 1. The summed E-state index contributed by atoms with van der Waals surface area (Å²) in [5.41, 5.74) is 2.24. The van der Waals surface area contributed by atoms with Crippen molar-refractivity contribution in [3.63, 3.8) is 0 Å². The molecule has 2 heterocycles. The molecule has 1 N–H and O–H groups in total. The summed E-state index contributed by atoms with van der Waals surface area (Å²) in [4.78, 5) is 25.9. The van der Waals surface area contributed by atoms with Gasteiger partial charge >= 0.3 is 5.97 Å². The molecule has 0 fully saturated rings. The van der Waals surface area contributed by atoms with E-state index in [9.17, 15) is 14.7 Å². The number of fused-ring (bicyclic) bond motifs is 1. The van der Waals surface area contributed by atoms with Gasteiger partial charge in [0, 0.05) is 34.6 Å². The number of hydrogen-bond donors (Lipinski definition) is 1. The van der Waals surface area contributed by atoms with Gasteiger partial charge in [-0.2, -0.15) is 0 Å². The molecule has 0 unspecified atom stereocenters. The van der Waals surface area contributed by atoms with Crippen LogP contribution in [0, 0.1) is 0 Å². The average molecular weight is 370 g/mol. The lowest BCUT2D eigenvalue weighted by atomic mass is 9.91. The van der Waals surface area contributed by atoms with Gasteiger partial charge in [-0.25, -0.2) is 4.79 Å². The number of benzene rings is 1. The summed E-state index contributed by atoms with van der Waals surface area (Å²) in [6.45, 7) is 8.38. The molecule has 136 valence electrons. The minimum atomic E-state index is -0.919. The van der Waals surface area contributed by atoms with Crippen LogP contribution < -0.4 is 0 Å². The fourth-order valence-corrected chi connectivity index (χ4v) is 4.53. The Morgan fingerprint density at radius 1 is 1.27 bits per heavy atom. The number of carbonyl (C=O) groups is 2. The van der Waals surface area contributed by atoms with Crippen molar-refractivity contribution in [2.75, 3.05) is 0 Å². The second-order valence-corrected chi connectivity index (χ2v) is 8.41. The second-order valence-electron chi connectivity index (χ2n) is 7.23. The monoisotopic (exact) mass is 370 g/mol. The summed E-state index contributed by atoms with van der Waals surface area (Å²) in [5.74, 6) is -0.921. The van der Waals surface area contributed by atoms with Crippen molar-refractivity contribution in [2.45, 2.75) is 45.3 Å². The number of rotatable bonds is 6. The summed E-state index contributed by atoms with van der Waals surface area (Å²) < 4.78 is 5.81. The SMILES string of the molecule is C=C(CC(=O)c1ccccc1)Cc1sc2c(c1C(=O)O)CC(C)(C)OC2. The molecule has 2 aromatic rings. The lowest BCUT2D eigenvalue weighted by molar-refractivity contribution is -0.0384. The quantitative estimate of drug-likeness (QED) is 0.593. The Morgan fingerprint density at radius 2 is 1.96 bits per heavy atom. The smallest absolute Gasteiger partial charge is 0.337 e. The number of thiophene rings is 1. The van der Waals surface area contributed by atoms with Gasteiger partial charge in [-0.05, 0) is 19.4 Å². The van der Waals surface area contributed by atoms with Crippen LogP contribution in [0.3, 0.4) is 0 Å². The molecule has 5 heteroatoms. The Morgan fingerprint density at radius 3 is 2.62 bits per heavy atom. The van der Waals surface area contributed by atoms with E-state index in [2.05, 4.69) is 6.58 Å². The summed E-state index contributed by atoms with van der Waals surface area (Å²) >= 11 is 1.46. The molecule has 1 aliphatic heterocycles. The van der Waals surface area contributed by atoms with Gasteiger partial charge in [0.05, 0.1) is 17.8 Å². The summed E-state index contributed by atoms with van der Waals surface area (Å²) in [6, 6.07) is 9.08. The van der Waals surface area contributed by atoms with E-state index >= 15 is 0 Å². The lowest BCUT2D eigenvalue weighted by Crippen LogP contribution is -2.31. The van der Waals surface area contributed by atoms with Gasteiger partial charge in [-0.1, -0.05) is 42.5 Å². The minimum absolute atomic E-state index is 0.00161. The number of carboxylic acids is 1. The van der Waals surface area contributed by atoms with E-state index in [4.69, 9.17) is 4.74 Å². The zero-order chi connectivity index (χ0) is 18.9. The average Bonchev–Trinajstić information content (AvgIpc) is 2.91. The van der Waals surface area contributed by atoms with Crippen molar-refractivity contribution in [3.8, 4) is 0 Å². The molecule has 4 nitrogen and oxygen atoms in total. The van der Waals surface area contributed by atoms with E-state index in [0.29, 0.717) is 30.6 Å². The number of hydrogen-bond acceptors (Lipinski definition) is 4. The van der Waals surface area contributed by atoms with E-state index in [-0.39, 0.29) is 17.8 Å². The van der Waals surface area contributed by atoms with Crippen molar-refractivity contribution in [1.82, 2.24) is 0 Å². The molecule has 0 amide bonds.